The normalized spacial score (nSPS) is 10.6. The molecule has 0 spiro atoms. The fraction of sp³-hybridized carbons (Fsp3) is 0.0526. The lowest BCUT2D eigenvalue weighted by atomic mass is 10.1. The zero-order chi connectivity index (χ0) is 29.4. The lowest BCUT2D eigenvalue weighted by Gasteiger charge is -2.17. The highest BCUT2D eigenvalue weighted by molar-refractivity contribution is 5.52. The Morgan fingerprint density at radius 2 is 0.581 bits per heavy atom. The van der Waals surface area contributed by atoms with E-state index in [0.717, 1.165) is 22.6 Å². The molecule has 0 saturated carbocycles. The summed E-state index contributed by atoms with van der Waals surface area (Å²) in [6.45, 7) is 3.95. The topological polar surface area (TPSA) is 46.2 Å². The molecule has 0 N–H and O–H groups in total. The molecule has 0 unspecified atom stereocenters. The standard InChI is InChI=1S/C38H30O5/c1-27-35(41-33-19-9-17-31(25-33)39-29-13-5-3-6-14-29)21-11-23-37(27)43-38-24-12-22-36(28(38)2)42-34-20-10-18-32(26-34)40-30-15-7-4-8-16-30/h3-26H,1-2H3. The third-order valence-corrected chi connectivity index (χ3v) is 6.71. The summed E-state index contributed by atoms with van der Waals surface area (Å²) < 4.78 is 30.8. The Morgan fingerprint density at radius 1 is 0.279 bits per heavy atom. The second kappa shape index (κ2) is 12.9. The average Bonchev–Trinajstić information content (AvgIpc) is 3.02. The molecule has 0 aromatic heterocycles. The van der Waals surface area contributed by atoms with Crippen molar-refractivity contribution in [3.63, 3.8) is 0 Å². The first-order chi connectivity index (χ1) is 21.1. The largest absolute Gasteiger partial charge is 0.457 e. The van der Waals surface area contributed by atoms with Crippen molar-refractivity contribution in [2.24, 2.45) is 0 Å². The number of benzene rings is 6. The molecule has 0 heterocycles. The minimum atomic E-state index is 0.665. The van der Waals surface area contributed by atoms with Gasteiger partial charge in [0.05, 0.1) is 0 Å². The summed E-state index contributed by atoms with van der Waals surface area (Å²) in [7, 11) is 0. The lowest BCUT2D eigenvalue weighted by Crippen LogP contribution is -1.95. The van der Waals surface area contributed by atoms with Crippen LogP contribution in [0.15, 0.2) is 146 Å². The molecule has 0 aliphatic heterocycles. The maximum Gasteiger partial charge on any atom is 0.134 e. The van der Waals surface area contributed by atoms with Gasteiger partial charge in [-0.05, 0) is 86.6 Å². The SMILES string of the molecule is Cc1c(Oc2cccc(Oc3ccccc3)c2)cccc1Oc1cccc(Oc2cccc(Oc3ccccc3)c2)c1C. The van der Waals surface area contributed by atoms with Crippen molar-refractivity contribution < 1.29 is 23.7 Å². The van der Waals surface area contributed by atoms with Gasteiger partial charge < -0.3 is 23.7 Å². The molecule has 5 nitrogen and oxygen atoms in total. The number of rotatable bonds is 10. The van der Waals surface area contributed by atoms with Crippen LogP contribution in [0.5, 0.6) is 57.5 Å². The molecule has 6 aromatic rings. The first-order valence-electron chi connectivity index (χ1n) is 14.0. The Kier molecular flexibility index (Phi) is 8.23. The summed E-state index contributed by atoms with van der Waals surface area (Å²) in [5.74, 6) is 7.00. The molecular weight excluding hydrogens is 536 g/mol. The molecule has 6 rings (SSSR count). The van der Waals surface area contributed by atoms with E-state index in [1.165, 1.54) is 0 Å². The second-order valence-electron chi connectivity index (χ2n) is 9.84. The molecule has 0 fully saturated rings. The van der Waals surface area contributed by atoms with E-state index in [0.29, 0.717) is 46.0 Å². The van der Waals surface area contributed by atoms with E-state index in [-0.39, 0.29) is 0 Å². The summed E-state index contributed by atoms with van der Waals surface area (Å²) in [6, 6.07) is 46.0. The Hall–Kier alpha value is -5.68. The van der Waals surface area contributed by atoms with Crippen LogP contribution in [0.1, 0.15) is 11.1 Å². The molecule has 0 aliphatic rings. The molecule has 0 atom stereocenters. The van der Waals surface area contributed by atoms with E-state index in [9.17, 15) is 0 Å². The third-order valence-electron chi connectivity index (χ3n) is 6.71. The van der Waals surface area contributed by atoms with Crippen molar-refractivity contribution in [1.82, 2.24) is 0 Å². The average molecular weight is 567 g/mol. The van der Waals surface area contributed by atoms with Crippen molar-refractivity contribution >= 4 is 0 Å². The van der Waals surface area contributed by atoms with Crippen molar-refractivity contribution in [1.29, 1.82) is 0 Å². The summed E-state index contributed by atoms with van der Waals surface area (Å²) in [5, 5.41) is 0. The van der Waals surface area contributed by atoms with Gasteiger partial charge in [0.1, 0.15) is 57.5 Å². The van der Waals surface area contributed by atoms with E-state index >= 15 is 0 Å². The van der Waals surface area contributed by atoms with Gasteiger partial charge in [0, 0.05) is 23.3 Å². The predicted octanol–water partition coefficient (Wildman–Crippen LogP) is 11.3. The number of hydrogen-bond donors (Lipinski definition) is 0. The van der Waals surface area contributed by atoms with Crippen LogP contribution in [0.3, 0.4) is 0 Å². The molecule has 6 aromatic carbocycles. The zero-order valence-corrected chi connectivity index (χ0v) is 23.9. The number of ether oxygens (including phenoxy) is 5. The predicted molar refractivity (Wildman–Crippen MR) is 168 cm³/mol. The van der Waals surface area contributed by atoms with Gasteiger partial charge in [-0.15, -0.1) is 0 Å². The van der Waals surface area contributed by atoms with Gasteiger partial charge in [-0.1, -0.05) is 60.7 Å². The fourth-order valence-electron chi connectivity index (χ4n) is 4.45. The van der Waals surface area contributed by atoms with E-state index in [1.807, 2.05) is 159 Å². The monoisotopic (exact) mass is 566 g/mol. The van der Waals surface area contributed by atoms with E-state index in [1.54, 1.807) is 0 Å². The van der Waals surface area contributed by atoms with Gasteiger partial charge in [0.2, 0.25) is 0 Å². The first kappa shape index (κ1) is 27.5. The summed E-state index contributed by atoms with van der Waals surface area (Å²) >= 11 is 0. The van der Waals surface area contributed by atoms with Gasteiger partial charge in [-0.25, -0.2) is 0 Å². The highest BCUT2D eigenvalue weighted by Crippen LogP contribution is 2.39. The molecule has 43 heavy (non-hydrogen) atoms. The smallest absolute Gasteiger partial charge is 0.134 e. The Morgan fingerprint density at radius 3 is 0.977 bits per heavy atom. The molecule has 212 valence electrons. The van der Waals surface area contributed by atoms with Crippen molar-refractivity contribution in [3.8, 4) is 57.5 Å². The lowest BCUT2D eigenvalue weighted by molar-refractivity contribution is 0.437. The fourth-order valence-corrected chi connectivity index (χ4v) is 4.45. The molecule has 0 aliphatic carbocycles. The van der Waals surface area contributed by atoms with Crippen molar-refractivity contribution in [3.05, 3.63) is 157 Å². The molecule has 0 radical (unpaired) electrons. The maximum absolute atomic E-state index is 6.39. The van der Waals surface area contributed by atoms with Gasteiger partial charge in [-0.3, -0.25) is 0 Å². The van der Waals surface area contributed by atoms with Crippen LogP contribution >= 0.6 is 0 Å². The van der Waals surface area contributed by atoms with Gasteiger partial charge >= 0.3 is 0 Å². The number of para-hydroxylation sites is 2. The molecule has 0 bridgehead atoms. The highest BCUT2D eigenvalue weighted by Gasteiger charge is 2.13. The summed E-state index contributed by atoms with van der Waals surface area (Å²) in [5.41, 5.74) is 1.74. The van der Waals surface area contributed by atoms with Crippen LogP contribution in [0, 0.1) is 13.8 Å². The van der Waals surface area contributed by atoms with Gasteiger partial charge in [0.15, 0.2) is 0 Å². The van der Waals surface area contributed by atoms with E-state index < -0.39 is 0 Å². The Balaban J connectivity index is 1.17. The van der Waals surface area contributed by atoms with E-state index in [4.69, 9.17) is 23.7 Å². The zero-order valence-electron chi connectivity index (χ0n) is 23.9. The summed E-state index contributed by atoms with van der Waals surface area (Å²) in [6.07, 6.45) is 0. The van der Waals surface area contributed by atoms with Gasteiger partial charge in [-0.2, -0.15) is 0 Å². The first-order valence-corrected chi connectivity index (χ1v) is 14.0. The van der Waals surface area contributed by atoms with Crippen LogP contribution in [0.25, 0.3) is 0 Å². The van der Waals surface area contributed by atoms with Crippen molar-refractivity contribution in [2.45, 2.75) is 13.8 Å². The van der Waals surface area contributed by atoms with Crippen LogP contribution in [0.4, 0.5) is 0 Å². The minimum absolute atomic E-state index is 0.665. The molecular formula is C38H30O5. The van der Waals surface area contributed by atoms with E-state index in [2.05, 4.69) is 0 Å². The Labute approximate surface area is 251 Å². The van der Waals surface area contributed by atoms with Gasteiger partial charge in [0.25, 0.3) is 0 Å². The number of hydrogen-bond acceptors (Lipinski definition) is 5. The Bertz CT molecular complexity index is 1680. The molecule has 0 amide bonds. The van der Waals surface area contributed by atoms with Crippen LogP contribution in [-0.4, -0.2) is 0 Å². The van der Waals surface area contributed by atoms with Crippen LogP contribution in [0.2, 0.25) is 0 Å². The molecule has 0 saturated heterocycles. The van der Waals surface area contributed by atoms with Crippen LogP contribution in [-0.2, 0) is 0 Å². The minimum Gasteiger partial charge on any atom is -0.457 e. The maximum atomic E-state index is 6.39. The quantitative estimate of drug-likeness (QED) is 0.165. The third kappa shape index (κ3) is 6.97. The van der Waals surface area contributed by atoms with Crippen molar-refractivity contribution in [2.75, 3.05) is 0 Å². The van der Waals surface area contributed by atoms with Crippen LogP contribution < -0.4 is 23.7 Å². The molecule has 5 heteroatoms. The summed E-state index contributed by atoms with van der Waals surface area (Å²) in [4.78, 5) is 0. The highest BCUT2D eigenvalue weighted by atomic mass is 16.5. The second-order valence-corrected chi connectivity index (χ2v) is 9.84.